The molecule has 2 atom stereocenters. The van der Waals surface area contributed by atoms with Gasteiger partial charge < -0.3 is 14.2 Å². The third-order valence-corrected chi connectivity index (χ3v) is 3.83. The highest BCUT2D eigenvalue weighted by Crippen LogP contribution is 2.35. The van der Waals surface area contributed by atoms with Crippen molar-refractivity contribution in [2.45, 2.75) is 32.0 Å². The lowest BCUT2D eigenvalue weighted by Gasteiger charge is -2.11. The zero-order valence-electron chi connectivity index (χ0n) is 10.3. The molecule has 1 aromatic carbocycles. The molecule has 0 N–H and O–H groups in total. The lowest BCUT2D eigenvalue weighted by molar-refractivity contribution is 0.353. The average Bonchev–Trinajstić information content (AvgIpc) is 3.03. The van der Waals surface area contributed by atoms with Crippen LogP contribution in [0.2, 0.25) is 0 Å². The summed E-state index contributed by atoms with van der Waals surface area (Å²) in [5, 5.41) is 0. The molecule has 1 heterocycles. The van der Waals surface area contributed by atoms with Crippen molar-refractivity contribution in [3.63, 3.8) is 0 Å². The van der Waals surface area contributed by atoms with Crippen molar-refractivity contribution in [1.29, 1.82) is 0 Å². The van der Waals surface area contributed by atoms with Gasteiger partial charge in [0.1, 0.15) is 0 Å². The van der Waals surface area contributed by atoms with Gasteiger partial charge in [-0.15, -0.1) is 0 Å². The Morgan fingerprint density at radius 1 is 1.24 bits per heavy atom. The molecule has 0 saturated carbocycles. The predicted molar refractivity (Wildman–Crippen MR) is 69.9 cm³/mol. The molecule has 0 spiro atoms. The van der Waals surface area contributed by atoms with Crippen LogP contribution in [0.25, 0.3) is 0 Å². The Bertz CT molecular complexity index is 406. The second-order valence-corrected chi connectivity index (χ2v) is 5.07. The minimum atomic E-state index is 0.425. The number of benzene rings is 1. The van der Waals surface area contributed by atoms with E-state index in [0.717, 1.165) is 28.8 Å². The van der Waals surface area contributed by atoms with Gasteiger partial charge in [-0.3, -0.25) is 0 Å². The Balaban J connectivity index is 2.10. The number of epoxide rings is 1. The van der Waals surface area contributed by atoms with Crippen LogP contribution in [-0.2, 0) is 11.2 Å². The summed E-state index contributed by atoms with van der Waals surface area (Å²) in [5.41, 5.74) is 1.23. The van der Waals surface area contributed by atoms with Crippen LogP contribution in [0.4, 0.5) is 0 Å². The number of methoxy groups -OCH3 is 2. The molecule has 1 aromatic rings. The highest BCUT2D eigenvalue weighted by atomic mass is 79.9. The highest BCUT2D eigenvalue weighted by molar-refractivity contribution is 9.10. The van der Waals surface area contributed by atoms with Crippen LogP contribution >= 0.6 is 15.9 Å². The molecule has 1 fully saturated rings. The van der Waals surface area contributed by atoms with E-state index in [2.05, 4.69) is 22.9 Å². The minimum absolute atomic E-state index is 0.425. The van der Waals surface area contributed by atoms with E-state index < -0.39 is 0 Å². The van der Waals surface area contributed by atoms with Crippen molar-refractivity contribution in [3.05, 3.63) is 22.2 Å². The normalized spacial score (nSPS) is 22.4. The third-order valence-electron chi connectivity index (χ3n) is 3.09. The van der Waals surface area contributed by atoms with E-state index in [1.54, 1.807) is 14.2 Å². The molecule has 0 aliphatic carbocycles. The van der Waals surface area contributed by atoms with Crippen molar-refractivity contribution in [2.24, 2.45) is 0 Å². The Morgan fingerprint density at radius 2 is 1.82 bits per heavy atom. The fraction of sp³-hybridized carbons (Fsp3) is 0.538. The first-order chi connectivity index (χ1) is 8.15. The summed E-state index contributed by atoms with van der Waals surface area (Å²) in [6.45, 7) is 2.11. The topological polar surface area (TPSA) is 31.0 Å². The molecule has 3 nitrogen and oxygen atoms in total. The molecule has 0 radical (unpaired) electrons. The number of ether oxygens (including phenoxy) is 3. The smallest absolute Gasteiger partial charge is 0.161 e. The van der Waals surface area contributed by atoms with Gasteiger partial charge in [-0.1, -0.05) is 15.9 Å². The van der Waals surface area contributed by atoms with E-state index >= 15 is 0 Å². The number of rotatable bonds is 5. The average molecular weight is 301 g/mol. The quantitative estimate of drug-likeness (QED) is 0.783. The molecule has 2 unspecified atom stereocenters. The summed E-state index contributed by atoms with van der Waals surface area (Å²) in [5.74, 6) is 1.52. The standard InChI is InChI=1S/C13H17BrO3/c1-8-11(17-8)5-4-9-6-12(15-2)13(16-3)7-10(9)14/h6-8,11H,4-5H2,1-3H3. The van der Waals surface area contributed by atoms with Gasteiger partial charge in [0, 0.05) is 4.47 Å². The van der Waals surface area contributed by atoms with Crippen LogP contribution in [0.1, 0.15) is 18.9 Å². The van der Waals surface area contributed by atoms with Gasteiger partial charge in [0.05, 0.1) is 26.4 Å². The fourth-order valence-electron chi connectivity index (χ4n) is 1.92. The van der Waals surface area contributed by atoms with Crippen molar-refractivity contribution in [1.82, 2.24) is 0 Å². The van der Waals surface area contributed by atoms with Gasteiger partial charge in [-0.2, -0.15) is 0 Å². The molecular weight excluding hydrogens is 284 g/mol. The summed E-state index contributed by atoms with van der Waals surface area (Å²) in [4.78, 5) is 0. The maximum absolute atomic E-state index is 5.41. The van der Waals surface area contributed by atoms with Crippen molar-refractivity contribution >= 4 is 15.9 Å². The Kier molecular flexibility index (Phi) is 3.94. The zero-order chi connectivity index (χ0) is 12.4. The molecular formula is C13H17BrO3. The summed E-state index contributed by atoms with van der Waals surface area (Å²) in [6.07, 6.45) is 2.88. The third kappa shape index (κ3) is 2.93. The molecule has 17 heavy (non-hydrogen) atoms. The monoisotopic (exact) mass is 300 g/mol. The van der Waals surface area contributed by atoms with Gasteiger partial charge in [-0.25, -0.2) is 0 Å². The highest BCUT2D eigenvalue weighted by Gasteiger charge is 2.33. The number of hydrogen-bond donors (Lipinski definition) is 0. The SMILES string of the molecule is COc1cc(Br)c(CCC2OC2C)cc1OC. The van der Waals surface area contributed by atoms with Gasteiger partial charge in [0.25, 0.3) is 0 Å². The van der Waals surface area contributed by atoms with E-state index in [9.17, 15) is 0 Å². The van der Waals surface area contributed by atoms with Crippen LogP contribution in [0.15, 0.2) is 16.6 Å². The van der Waals surface area contributed by atoms with E-state index in [1.165, 1.54) is 5.56 Å². The fourth-order valence-corrected chi connectivity index (χ4v) is 2.44. The first-order valence-electron chi connectivity index (χ1n) is 5.71. The van der Waals surface area contributed by atoms with E-state index in [4.69, 9.17) is 14.2 Å². The molecule has 2 rings (SSSR count). The first kappa shape index (κ1) is 12.7. The molecule has 94 valence electrons. The summed E-state index contributed by atoms with van der Waals surface area (Å²) >= 11 is 3.56. The number of aryl methyl sites for hydroxylation is 1. The molecule has 0 bridgehead atoms. The van der Waals surface area contributed by atoms with Crippen LogP contribution < -0.4 is 9.47 Å². The summed E-state index contributed by atoms with van der Waals surface area (Å²) < 4.78 is 17.0. The molecule has 0 aromatic heterocycles. The second kappa shape index (κ2) is 5.27. The largest absolute Gasteiger partial charge is 0.493 e. The number of hydrogen-bond acceptors (Lipinski definition) is 3. The number of halogens is 1. The lowest BCUT2D eigenvalue weighted by atomic mass is 10.1. The van der Waals surface area contributed by atoms with Gasteiger partial charge in [-0.05, 0) is 37.5 Å². The summed E-state index contributed by atoms with van der Waals surface area (Å²) in [6, 6.07) is 3.97. The van der Waals surface area contributed by atoms with Gasteiger partial charge >= 0.3 is 0 Å². The van der Waals surface area contributed by atoms with Crippen LogP contribution in [0, 0.1) is 0 Å². The van der Waals surface area contributed by atoms with Crippen LogP contribution in [0.3, 0.4) is 0 Å². The maximum atomic E-state index is 5.41. The second-order valence-electron chi connectivity index (χ2n) is 4.22. The molecule has 4 heteroatoms. The molecule has 1 aliphatic rings. The van der Waals surface area contributed by atoms with Crippen LogP contribution in [-0.4, -0.2) is 26.4 Å². The van der Waals surface area contributed by atoms with E-state index in [0.29, 0.717) is 12.2 Å². The van der Waals surface area contributed by atoms with Crippen molar-refractivity contribution in [3.8, 4) is 11.5 Å². The van der Waals surface area contributed by atoms with Crippen LogP contribution in [0.5, 0.6) is 11.5 Å². The van der Waals surface area contributed by atoms with Gasteiger partial charge in [0.15, 0.2) is 11.5 Å². The van der Waals surface area contributed by atoms with Crippen molar-refractivity contribution < 1.29 is 14.2 Å². The zero-order valence-corrected chi connectivity index (χ0v) is 11.9. The molecule has 0 amide bonds. The molecule has 1 aliphatic heterocycles. The summed E-state index contributed by atoms with van der Waals surface area (Å²) in [7, 11) is 3.30. The first-order valence-corrected chi connectivity index (χ1v) is 6.51. The Labute approximate surface area is 110 Å². The van der Waals surface area contributed by atoms with Gasteiger partial charge in [0.2, 0.25) is 0 Å². The Hall–Kier alpha value is -0.740. The van der Waals surface area contributed by atoms with E-state index in [1.807, 2.05) is 12.1 Å². The lowest BCUT2D eigenvalue weighted by Crippen LogP contribution is -1.97. The van der Waals surface area contributed by atoms with Crippen molar-refractivity contribution in [2.75, 3.05) is 14.2 Å². The maximum Gasteiger partial charge on any atom is 0.161 e. The Morgan fingerprint density at radius 3 is 2.35 bits per heavy atom. The van der Waals surface area contributed by atoms with E-state index in [-0.39, 0.29) is 0 Å². The predicted octanol–water partition coefficient (Wildman–Crippen LogP) is 3.19. The minimum Gasteiger partial charge on any atom is -0.493 e. The molecule has 1 saturated heterocycles.